The first-order valence-corrected chi connectivity index (χ1v) is 9.93. The second kappa shape index (κ2) is 8.15. The van der Waals surface area contributed by atoms with Crippen molar-refractivity contribution < 1.29 is 22.5 Å². The van der Waals surface area contributed by atoms with E-state index in [1.165, 1.54) is 6.26 Å². The average Bonchev–Trinajstić information content (AvgIpc) is 2.87. The van der Waals surface area contributed by atoms with Crippen LogP contribution in [0.3, 0.4) is 0 Å². The van der Waals surface area contributed by atoms with Gasteiger partial charge in [0.2, 0.25) is 0 Å². The van der Waals surface area contributed by atoms with E-state index in [-0.39, 0.29) is 11.7 Å². The lowest BCUT2D eigenvalue weighted by Gasteiger charge is -2.08. The Hall–Kier alpha value is -2.35. The van der Waals surface area contributed by atoms with Gasteiger partial charge in [-0.2, -0.15) is 0 Å². The van der Waals surface area contributed by atoms with Crippen molar-refractivity contribution in [3.8, 4) is 5.75 Å². The van der Waals surface area contributed by atoms with Crippen molar-refractivity contribution in [1.29, 1.82) is 0 Å². The number of ether oxygens (including phenoxy) is 1. The van der Waals surface area contributed by atoms with Crippen molar-refractivity contribution in [2.45, 2.75) is 26.9 Å². The number of benzene rings is 1. The molecule has 1 amide bonds. The number of hydrogen-bond donors (Lipinski definition) is 1. The topological polar surface area (TPSA) is 98.5 Å². The number of carbonyl (C=O) groups excluding carboxylic acids is 1. The molecule has 1 aromatic carbocycles. The molecule has 25 heavy (non-hydrogen) atoms. The Bertz CT molecular complexity index is 823. The molecular weight excluding hydrogens is 344 g/mol. The summed E-state index contributed by atoms with van der Waals surface area (Å²) < 4.78 is 32.9. The van der Waals surface area contributed by atoms with Gasteiger partial charge in [0.05, 0.1) is 17.0 Å². The van der Waals surface area contributed by atoms with Gasteiger partial charge in [0.25, 0.3) is 5.91 Å². The SMILES string of the molecule is Cc1noc(C)c1COc1cccc(C(=O)NCCCS(C)(=O)=O)c1. The number of amides is 1. The van der Waals surface area contributed by atoms with E-state index < -0.39 is 9.84 Å². The van der Waals surface area contributed by atoms with Gasteiger partial charge in [-0.3, -0.25) is 4.79 Å². The maximum absolute atomic E-state index is 12.1. The quantitative estimate of drug-likeness (QED) is 0.718. The molecule has 0 saturated heterocycles. The number of hydrogen-bond acceptors (Lipinski definition) is 6. The van der Waals surface area contributed by atoms with Crippen LogP contribution in [0.25, 0.3) is 0 Å². The minimum Gasteiger partial charge on any atom is -0.489 e. The monoisotopic (exact) mass is 366 g/mol. The first-order chi connectivity index (χ1) is 11.8. The van der Waals surface area contributed by atoms with E-state index in [2.05, 4.69) is 10.5 Å². The molecule has 0 aliphatic carbocycles. The summed E-state index contributed by atoms with van der Waals surface area (Å²) in [6, 6.07) is 6.81. The molecule has 0 aliphatic rings. The van der Waals surface area contributed by atoms with Crippen molar-refractivity contribution in [3.63, 3.8) is 0 Å². The van der Waals surface area contributed by atoms with Crippen LogP contribution in [0.5, 0.6) is 5.75 Å². The van der Waals surface area contributed by atoms with Crippen LogP contribution in [-0.4, -0.2) is 38.0 Å². The Morgan fingerprint density at radius 3 is 2.72 bits per heavy atom. The van der Waals surface area contributed by atoms with E-state index in [9.17, 15) is 13.2 Å². The van der Waals surface area contributed by atoms with E-state index in [0.29, 0.717) is 36.6 Å². The number of aryl methyl sites for hydroxylation is 2. The van der Waals surface area contributed by atoms with E-state index in [4.69, 9.17) is 9.26 Å². The molecule has 2 rings (SSSR count). The predicted molar refractivity (Wildman–Crippen MR) is 93.4 cm³/mol. The molecule has 0 saturated carbocycles. The smallest absolute Gasteiger partial charge is 0.251 e. The number of aromatic nitrogens is 1. The van der Waals surface area contributed by atoms with Gasteiger partial charge in [-0.05, 0) is 38.5 Å². The van der Waals surface area contributed by atoms with E-state index in [0.717, 1.165) is 11.3 Å². The summed E-state index contributed by atoms with van der Waals surface area (Å²) in [6.07, 6.45) is 1.56. The van der Waals surface area contributed by atoms with Gasteiger partial charge in [-0.1, -0.05) is 11.2 Å². The summed E-state index contributed by atoms with van der Waals surface area (Å²) in [7, 11) is -3.01. The highest BCUT2D eigenvalue weighted by Crippen LogP contribution is 2.18. The molecule has 0 bridgehead atoms. The molecule has 7 nitrogen and oxygen atoms in total. The van der Waals surface area contributed by atoms with Gasteiger partial charge in [0.15, 0.2) is 0 Å². The Kier molecular flexibility index (Phi) is 6.19. The summed E-state index contributed by atoms with van der Waals surface area (Å²) in [5.74, 6) is 1.05. The third-order valence-corrected chi connectivity index (χ3v) is 4.67. The molecule has 8 heteroatoms. The molecule has 0 unspecified atom stereocenters. The number of nitrogens with zero attached hydrogens (tertiary/aromatic N) is 1. The Labute approximate surface area is 147 Å². The van der Waals surface area contributed by atoms with Crippen molar-refractivity contribution in [2.24, 2.45) is 0 Å². The molecule has 0 atom stereocenters. The number of sulfone groups is 1. The average molecular weight is 366 g/mol. The lowest BCUT2D eigenvalue weighted by atomic mass is 10.2. The standard InChI is InChI=1S/C17H22N2O5S/c1-12-16(13(2)24-19-12)11-23-15-7-4-6-14(10-15)17(20)18-8-5-9-25(3,21)22/h4,6-7,10H,5,8-9,11H2,1-3H3,(H,18,20). The van der Waals surface area contributed by atoms with E-state index >= 15 is 0 Å². The van der Waals surface area contributed by atoms with Gasteiger partial charge in [-0.15, -0.1) is 0 Å². The molecule has 0 spiro atoms. The molecule has 0 fully saturated rings. The largest absolute Gasteiger partial charge is 0.489 e. The fourth-order valence-electron chi connectivity index (χ4n) is 2.23. The van der Waals surface area contributed by atoms with Crippen molar-refractivity contribution in [2.75, 3.05) is 18.6 Å². The third-order valence-electron chi connectivity index (χ3n) is 3.64. The van der Waals surface area contributed by atoms with Gasteiger partial charge >= 0.3 is 0 Å². The maximum Gasteiger partial charge on any atom is 0.251 e. The predicted octanol–water partition coefficient (Wildman–Crippen LogP) is 2.03. The minimum atomic E-state index is -3.01. The number of carbonyl (C=O) groups is 1. The molecule has 1 heterocycles. The summed E-state index contributed by atoms with van der Waals surface area (Å²) in [5.41, 5.74) is 2.11. The van der Waals surface area contributed by atoms with Crippen LogP contribution in [0, 0.1) is 13.8 Å². The zero-order chi connectivity index (χ0) is 18.4. The van der Waals surface area contributed by atoms with Crippen LogP contribution in [-0.2, 0) is 16.4 Å². The lowest BCUT2D eigenvalue weighted by Crippen LogP contribution is -2.25. The van der Waals surface area contributed by atoms with Crippen molar-refractivity contribution in [1.82, 2.24) is 10.5 Å². The van der Waals surface area contributed by atoms with Crippen molar-refractivity contribution >= 4 is 15.7 Å². The van der Waals surface area contributed by atoms with Gasteiger partial charge in [0, 0.05) is 18.4 Å². The van der Waals surface area contributed by atoms with Crippen LogP contribution in [0.1, 0.15) is 33.8 Å². The summed E-state index contributed by atoms with van der Waals surface area (Å²) >= 11 is 0. The molecule has 1 aromatic heterocycles. The Morgan fingerprint density at radius 2 is 2.08 bits per heavy atom. The van der Waals surface area contributed by atoms with Crippen LogP contribution in [0.15, 0.2) is 28.8 Å². The van der Waals surface area contributed by atoms with Crippen LogP contribution in [0.4, 0.5) is 0 Å². The first kappa shape index (κ1) is 19.0. The Balaban J connectivity index is 1.90. The number of nitrogens with one attached hydrogen (secondary N) is 1. The molecule has 1 N–H and O–H groups in total. The zero-order valence-corrected chi connectivity index (χ0v) is 15.4. The highest BCUT2D eigenvalue weighted by Gasteiger charge is 2.11. The number of rotatable bonds is 8. The fraction of sp³-hybridized carbons (Fsp3) is 0.412. The van der Waals surface area contributed by atoms with E-state index in [1.807, 2.05) is 13.8 Å². The Morgan fingerprint density at radius 1 is 1.32 bits per heavy atom. The second-order valence-corrected chi connectivity index (χ2v) is 8.12. The maximum atomic E-state index is 12.1. The molecule has 0 aliphatic heterocycles. The summed E-state index contributed by atoms with van der Waals surface area (Å²) in [4.78, 5) is 12.1. The second-order valence-electron chi connectivity index (χ2n) is 5.86. The molecule has 136 valence electrons. The van der Waals surface area contributed by atoms with Gasteiger partial charge in [-0.25, -0.2) is 8.42 Å². The zero-order valence-electron chi connectivity index (χ0n) is 14.5. The summed E-state index contributed by atoms with van der Waals surface area (Å²) in [6.45, 7) is 4.27. The molecular formula is C17H22N2O5S. The first-order valence-electron chi connectivity index (χ1n) is 7.87. The third kappa shape index (κ3) is 5.90. The van der Waals surface area contributed by atoms with Crippen LogP contribution < -0.4 is 10.1 Å². The normalized spacial score (nSPS) is 11.3. The minimum absolute atomic E-state index is 0.0495. The van der Waals surface area contributed by atoms with Crippen molar-refractivity contribution in [3.05, 3.63) is 46.8 Å². The highest BCUT2D eigenvalue weighted by molar-refractivity contribution is 7.90. The van der Waals surface area contributed by atoms with E-state index in [1.54, 1.807) is 24.3 Å². The van der Waals surface area contributed by atoms with Gasteiger partial charge in [0.1, 0.15) is 28.0 Å². The molecule has 2 aromatic rings. The molecule has 0 radical (unpaired) electrons. The highest BCUT2D eigenvalue weighted by atomic mass is 32.2. The van der Waals surface area contributed by atoms with Crippen LogP contribution >= 0.6 is 0 Å². The fourth-order valence-corrected chi connectivity index (χ4v) is 2.90. The summed E-state index contributed by atoms with van der Waals surface area (Å²) in [5, 5.41) is 6.57. The lowest BCUT2D eigenvalue weighted by molar-refractivity contribution is 0.0953. The van der Waals surface area contributed by atoms with Gasteiger partial charge < -0.3 is 14.6 Å². The van der Waals surface area contributed by atoms with Crippen LogP contribution in [0.2, 0.25) is 0 Å².